The zero-order valence-corrected chi connectivity index (χ0v) is 14.0. The minimum Gasteiger partial charge on any atom is -0.478 e. The van der Waals surface area contributed by atoms with Crippen LogP contribution in [0.25, 0.3) is 23.0 Å². The van der Waals surface area contributed by atoms with Crippen LogP contribution in [0.15, 0.2) is 59.0 Å². The normalized spacial score (nSPS) is 11.2. The second kappa shape index (κ2) is 7.26. The first-order chi connectivity index (χ1) is 12.5. The second-order valence-electron chi connectivity index (χ2n) is 5.38. The minimum atomic E-state index is -1.11. The van der Waals surface area contributed by atoms with Crippen LogP contribution in [0.5, 0.6) is 0 Å². The summed E-state index contributed by atoms with van der Waals surface area (Å²) in [6.07, 6.45) is 1.55. The van der Waals surface area contributed by atoms with Crippen molar-refractivity contribution in [1.29, 1.82) is 5.26 Å². The number of nitriles is 1. The lowest BCUT2D eigenvalue weighted by Crippen LogP contribution is -1.96. The number of carbonyl (C=O) groups is 1. The lowest BCUT2D eigenvalue weighted by atomic mass is 10.1. The zero-order chi connectivity index (χ0) is 18.7. The van der Waals surface area contributed by atoms with Crippen molar-refractivity contribution in [1.82, 2.24) is 0 Å². The van der Waals surface area contributed by atoms with Crippen LogP contribution < -0.4 is 0 Å². The van der Waals surface area contributed by atoms with Crippen molar-refractivity contribution < 1.29 is 18.7 Å². The van der Waals surface area contributed by atoms with E-state index in [-0.39, 0.29) is 16.4 Å². The molecule has 0 aliphatic heterocycles. The van der Waals surface area contributed by atoms with E-state index in [1.54, 1.807) is 24.3 Å². The summed E-state index contributed by atoms with van der Waals surface area (Å²) in [6.45, 7) is 0. The molecule has 0 bridgehead atoms. The van der Waals surface area contributed by atoms with Crippen molar-refractivity contribution >= 4 is 29.2 Å². The molecule has 0 aliphatic rings. The van der Waals surface area contributed by atoms with E-state index in [2.05, 4.69) is 6.07 Å². The fraction of sp³-hybridized carbons (Fsp3) is 0. The van der Waals surface area contributed by atoms with E-state index in [0.29, 0.717) is 28.2 Å². The Morgan fingerprint density at radius 3 is 2.50 bits per heavy atom. The molecule has 0 fully saturated rings. The van der Waals surface area contributed by atoms with Gasteiger partial charge in [0.25, 0.3) is 0 Å². The molecule has 0 radical (unpaired) electrons. The van der Waals surface area contributed by atoms with Gasteiger partial charge in [-0.2, -0.15) is 5.26 Å². The van der Waals surface area contributed by atoms with E-state index in [9.17, 15) is 14.4 Å². The SMILES string of the molecule is N#C/C(=C/c1ccc(-c2ccc(C(=O)O)c(Cl)c2)o1)c1ccc(F)cc1. The molecule has 0 saturated heterocycles. The van der Waals surface area contributed by atoms with E-state index in [0.717, 1.165) is 0 Å². The van der Waals surface area contributed by atoms with Gasteiger partial charge >= 0.3 is 5.97 Å². The summed E-state index contributed by atoms with van der Waals surface area (Å²) in [5.74, 6) is -0.582. The number of rotatable bonds is 4. The van der Waals surface area contributed by atoms with Crippen LogP contribution >= 0.6 is 11.6 Å². The molecular formula is C20H11ClFNO3. The predicted octanol–water partition coefficient (Wildman–Crippen LogP) is 5.50. The predicted molar refractivity (Wildman–Crippen MR) is 96.0 cm³/mol. The maximum absolute atomic E-state index is 13.0. The standard InChI is InChI=1S/C20H11ClFNO3/c21-18-10-13(3-7-17(18)20(24)25)19-8-6-16(26-19)9-14(11-23)12-1-4-15(22)5-2-12/h1-10H,(H,24,25)/b14-9-. The molecule has 0 spiro atoms. The summed E-state index contributed by atoms with van der Waals surface area (Å²) >= 11 is 5.97. The fourth-order valence-electron chi connectivity index (χ4n) is 2.38. The molecule has 1 N–H and O–H groups in total. The molecule has 6 heteroatoms. The maximum atomic E-state index is 13.0. The number of hydrogen-bond acceptors (Lipinski definition) is 3. The van der Waals surface area contributed by atoms with Crippen molar-refractivity contribution in [3.05, 3.63) is 82.3 Å². The summed E-state index contributed by atoms with van der Waals surface area (Å²) in [6, 6.07) is 15.5. The third-order valence-corrected chi connectivity index (χ3v) is 3.99. The molecular weight excluding hydrogens is 357 g/mol. The Morgan fingerprint density at radius 2 is 1.88 bits per heavy atom. The summed E-state index contributed by atoms with van der Waals surface area (Å²) in [7, 11) is 0. The Bertz CT molecular complexity index is 1050. The number of nitrogens with zero attached hydrogens (tertiary/aromatic N) is 1. The van der Waals surface area contributed by atoms with Crippen LogP contribution in [0, 0.1) is 17.1 Å². The summed E-state index contributed by atoms with van der Waals surface area (Å²) < 4.78 is 18.7. The number of carboxylic acid groups (broad SMARTS) is 1. The molecule has 1 aromatic heterocycles. The van der Waals surface area contributed by atoms with Gasteiger partial charge in [-0.15, -0.1) is 0 Å². The number of allylic oxidation sites excluding steroid dienone is 1. The van der Waals surface area contributed by atoms with Gasteiger partial charge in [0.2, 0.25) is 0 Å². The zero-order valence-electron chi connectivity index (χ0n) is 13.2. The number of furan rings is 1. The van der Waals surface area contributed by atoms with Crippen LogP contribution in [0.1, 0.15) is 21.7 Å². The summed E-state index contributed by atoms with van der Waals surface area (Å²) in [5.41, 5.74) is 1.51. The molecule has 2 aromatic carbocycles. The number of carboxylic acids is 1. The topological polar surface area (TPSA) is 74.2 Å². The highest BCUT2D eigenvalue weighted by molar-refractivity contribution is 6.33. The smallest absolute Gasteiger partial charge is 0.337 e. The van der Waals surface area contributed by atoms with Crippen LogP contribution in [0.2, 0.25) is 5.02 Å². The van der Waals surface area contributed by atoms with E-state index in [4.69, 9.17) is 21.1 Å². The van der Waals surface area contributed by atoms with E-state index in [1.165, 1.54) is 36.4 Å². The summed E-state index contributed by atoms with van der Waals surface area (Å²) in [4.78, 5) is 11.0. The van der Waals surface area contributed by atoms with Gasteiger partial charge in [0, 0.05) is 5.56 Å². The average Bonchev–Trinajstić information content (AvgIpc) is 3.09. The summed E-state index contributed by atoms with van der Waals surface area (Å²) in [5, 5.41) is 18.4. The van der Waals surface area contributed by atoms with Crippen LogP contribution in [-0.4, -0.2) is 11.1 Å². The highest BCUT2D eigenvalue weighted by atomic mass is 35.5. The van der Waals surface area contributed by atoms with Gasteiger partial charge in [0.15, 0.2) is 0 Å². The van der Waals surface area contributed by atoms with Crippen molar-refractivity contribution in [2.24, 2.45) is 0 Å². The van der Waals surface area contributed by atoms with Gasteiger partial charge in [-0.05, 0) is 48.0 Å². The van der Waals surface area contributed by atoms with Crippen LogP contribution in [0.4, 0.5) is 4.39 Å². The number of benzene rings is 2. The second-order valence-corrected chi connectivity index (χ2v) is 5.79. The quantitative estimate of drug-likeness (QED) is 0.618. The van der Waals surface area contributed by atoms with Gasteiger partial charge in [0.05, 0.1) is 22.2 Å². The van der Waals surface area contributed by atoms with Crippen molar-refractivity contribution in [2.45, 2.75) is 0 Å². The molecule has 3 aromatic rings. The maximum Gasteiger partial charge on any atom is 0.337 e. The van der Waals surface area contributed by atoms with Gasteiger partial charge in [-0.1, -0.05) is 29.8 Å². The third-order valence-electron chi connectivity index (χ3n) is 3.67. The van der Waals surface area contributed by atoms with Crippen LogP contribution in [-0.2, 0) is 0 Å². The van der Waals surface area contributed by atoms with Gasteiger partial charge in [-0.25, -0.2) is 9.18 Å². The largest absolute Gasteiger partial charge is 0.478 e. The molecule has 1 heterocycles. The van der Waals surface area contributed by atoms with Gasteiger partial charge in [-0.3, -0.25) is 0 Å². The first kappa shape index (κ1) is 17.5. The number of halogens is 2. The van der Waals surface area contributed by atoms with Crippen molar-refractivity contribution in [3.8, 4) is 17.4 Å². The van der Waals surface area contributed by atoms with Gasteiger partial charge in [0.1, 0.15) is 17.3 Å². The minimum absolute atomic E-state index is 0.00479. The van der Waals surface area contributed by atoms with Crippen LogP contribution in [0.3, 0.4) is 0 Å². The lowest BCUT2D eigenvalue weighted by molar-refractivity contribution is 0.0697. The Kier molecular flexibility index (Phi) is 4.87. The highest BCUT2D eigenvalue weighted by Gasteiger charge is 2.12. The first-order valence-corrected chi connectivity index (χ1v) is 7.86. The molecule has 0 aliphatic carbocycles. The van der Waals surface area contributed by atoms with Crippen molar-refractivity contribution in [2.75, 3.05) is 0 Å². The molecule has 3 rings (SSSR count). The van der Waals surface area contributed by atoms with E-state index in [1.807, 2.05) is 0 Å². The monoisotopic (exact) mass is 367 g/mol. The first-order valence-electron chi connectivity index (χ1n) is 7.48. The Hall–Kier alpha value is -3.36. The van der Waals surface area contributed by atoms with Crippen molar-refractivity contribution in [3.63, 3.8) is 0 Å². The average molecular weight is 368 g/mol. The Morgan fingerprint density at radius 1 is 1.15 bits per heavy atom. The molecule has 0 unspecified atom stereocenters. The number of hydrogen-bond donors (Lipinski definition) is 1. The highest BCUT2D eigenvalue weighted by Crippen LogP contribution is 2.28. The van der Waals surface area contributed by atoms with Gasteiger partial charge < -0.3 is 9.52 Å². The molecule has 26 heavy (non-hydrogen) atoms. The number of aromatic carboxylic acids is 1. The molecule has 4 nitrogen and oxygen atoms in total. The Balaban J connectivity index is 1.92. The van der Waals surface area contributed by atoms with E-state index >= 15 is 0 Å². The lowest BCUT2D eigenvalue weighted by Gasteiger charge is -2.02. The van der Waals surface area contributed by atoms with E-state index < -0.39 is 5.97 Å². The molecule has 128 valence electrons. The molecule has 0 amide bonds. The fourth-order valence-corrected chi connectivity index (χ4v) is 2.64. The molecule has 0 atom stereocenters. The third kappa shape index (κ3) is 3.66. The molecule has 0 saturated carbocycles. The Labute approximate surface area is 153 Å².